The van der Waals surface area contributed by atoms with Gasteiger partial charge in [-0.15, -0.1) is 0 Å². The maximum absolute atomic E-state index is 12.4. The van der Waals surface area contributed by atoms with Crippen LogP contribution in [0.15, 0.2) is 59.5 Å². The van der Waals surface area contributed by atoms with Gasteiger partial charge in [0.2, 0.25) is 10.0 Å². The van der Waals surface area contributed by atoms with E-state index in [4.69, 9.17) is 4.74 Å². The first kappa shape index (κ1) is 20.6. The first-order valence-corrected chi connectivity index (χ1v) is 9.94. The minimum absolute atomic E-state index is 0.101. The molecule has 0 atom stereocenters. The van der Waals surface area contributed by atoms with Gasteiger partial charge in [-0.05, 0) is 36.4 Å². The maximum atomic E-state index is 12.4. The standard InChI is InChI=1S/C19H22N2O5S/c1-3-21(4-2)27(24,25)17-12-10-15(11-13-17)19(23)26-14-18(22)20-16-8-6-5-7-9-16/h5-13H,3-4,14H2,1-2H3,(H,20,22). The molecule has 1 amide bonds. The van der Waals surface area contributed by atoms with E-state index < -0.39 is 28.5 Å². The minimum atomic E-state index is -3.59. The van der Waals surface area contributed by atoms with Crippen molar-refractivity contribution in [2.75, 3.05) is 25.0 Å². The summed E-state index contributed by atoms with van der Waals surface area (Å²) in [5.41, 5.74) is 0.769. The number of para-hydroxylation sites is 1. The second kappa shape index (κ2) is 9.29. The molecule has 0 saturated heterocycles. The Balaban J connectivity index is 1.96. The van der Waals surface area contributed by atoms with Crippen LogP contribution in [0, 0.1) is 0 Å². The van der Waals surface area contributed by atoms with Crippen LogP contribution in [0.5, 0.6) is 0 Å². The van der Waals surface area contributed by atoms with Crippen molar-refractivity contribution < 1.29 is 22.7 Å². The van der Waals surface area contributed by atoms with Crippen LogP contribution in [0.2, 0.25) is 0 Å². The van der Waals surface area contributed by atoms with Crippen LogP contribution in [-0.2, 0) is 19.6 Å². The topological polar surface area (TPSA) is 92.8 Å². The number of amides is 1. The Labute approximate surface area is 159 Å². The number of ether oxygens (including phenoxy) is 1. The number of carbonyl (C=O) groups excluding carboxylic acids is 2. The number of hydrogen-bond donors (Lipinski definition) is 1. The number of nitrogens with zero attached hydrogens (tertiary/aromatic N) is 1. The summed E-state index contributed by atoms with van der Waals surface area (Å²) < 4.78 is 31.1. The van der Waals surface area contributed by atoms with E-state index in [0.717, 1.165) is 0 Å². The maximum Gasteiger partial charge on any atom is 0.338 e. The second-order valence-electron chi connectivity index (χ2n) is 5.60. The predicted octanol–water partition coefficient (Wildman–Crippen LogP) is 2.51. The molecule has 0 saturated carbocycles. The van der Waals surface area contributed by atoms with Crippen LogP contribution in [0.4, 0.5) is 5.69 Å². The molecular formula is C19H22N2O5S. The highest BCUT2D eigenvalue weighted by Gasteiger charge is 2.22. The Bertz CT molecular complexity index is 876. The van der Waals surface area contributed by atoms with Gasteiger partial charge < -0.3 is 10.1 Å². The molecule has 0 aliphatic carbocycles. The van der Waals surface area contributed by atoms with Crippen LogP contribution in [0.25, 0.3) is 0 Å². The highest BCUT2D eigenvalue weighted by Crippen LogP contribution is 2.16. The van der Waals surface area contributed by atoms with Gasteiger partial charge in [0.05, 0.1) is 10.5 Å². The van der Waals surface area contributed by atoms with E-state index in [1.165, 1.54) is 28.6 Å². The molecule has 1 N–H and O–H groups in total. The zero-order chi connectivity index (χ0) is 19.9. The molecule has 27 heavy (non-hydrogen) atoms. The van der Waals surface area contributed by atoms with E-state index in [1.807, 2.05) is 6.07 Å². The summed E-state index contributed by atoms with van der Waals surface area (Å²) in [6.07, 6.45) is 0. The van der Waals surface area contributed by atoms with E-state index >= 15 is 0 Å². The molecule has 144 valence electrons. The Morgan fingerprint density at radius 3 is 2.11 bits per heavy atom. The lowest BCUT2D eigenvalue weighted by molar-refractivity contribution is -0.119. The van der Waals surface area contributed by atoms with Gasteiger partial charge in [0.25, 0.3) is 5.91 Å². The molecule has 0 radical (unpaired) electrons. The van der Waals surface area contributed by atoms with Gasteiger partial charge >= 0.3 is 5.97 Å². The van der Waals surface area contributed by atoms with E-state index in [0.29, 0.717) is 18.8 Å². The average Bonchev–Trinajstić information content (AvgIpc) is 2.67. The SMILES string of the molecule is CCN(CC)S(=O)(=O)c1ccc(C(=O)OCC(=O)Nc2ccccc2)cc1. The first-order valence-electron chi connectivity index (χ1n) is 8.50. The number of rotatable bonds is 8. The summed E-state index contributed by atoms with van der Waals surface area (Å²) in [5, 5.41) is 2.60. The predicted molar refractivity (Wildman–Crippen MR) is 102 cm³/mol. The van der Waals surface area contributed by atoms with Gasteiger partial charge in [-0.3, -0.25) is 4.79 Å². The zero-order valence-corrected chi connectivity index (χ0v) is 16.0. The molecule has 0 spiro atoms. The summed E-state index contributed by atoms with van der Waals surface area (Å²) >= 11 is 0. The summed E-state index contributed by atoms with van der Waals surface area (Å²) in [6.45, 7) is 3.80. The fraction of sp³-hybridized carbons (Fsp3) is 0.263. The Morgan fingerprint density at radius 2 is 1.56 bits per heavy atom. The summed E-state index contributed by atoms with van der Waals surface area (Å²) in [4.78, 5) is 23.9. The van der Waals surface area contributed by atoms with Crippen LogP contribution in [0.1, 0.15) is 24.2 Å². The summed E-state index contributed by atoms with van der Waals surface area (Å²) in [6, 6.07) is 14.2. The van der Waals surface area contributed by atoms with Crippen molar-refractivity contribution in [2.24, 2.45) is 0 Å². The smallest absolute Gasteiger partial charge is 0.338 e. The Morgan fingerprint density at radius 1 is 0.963 bits per heavy atom. The van der Waals surface area contributed by atoms with Crippen molar-refractivity contribution in [2.45, 2.75) is 18.7 Å². The quantitative estimate of drug-likeness (QED) is 0.699. The Kier molecular flexibility index (Phi) is 7.09. The third kappa shape index (κ3) is 5.38. The number of carbonyl (C=O) groups is 2. The van der Waals surface area contributed by atoms with Gasteiger partial charge in [0.1, 0.15) is 0 Å². The summed E-state index contributed by atoms with van der Waals surface area (Å²) in [5.74, 6) is -1.17. The molecule has 0 fully saturated rings. The van der Waals surface area contributed by atoms with Crippen LogP contribution < -0.4 is 5.32 Å². The largest absolute Gasteiger partial charge is 0.452 e. The molecule has 2 rings (SSSR count). The molecule has 7 nitrogen and oxygen atoms in total. The van der Waals surface area contributed by atoms with Gasteiger partial charge in [0, 0.05) is 18.8 Å². The number of benzene rings is 2. The van der Waals surface area contributed by atoms with Crippen molar-refractivity contribution in [1.29, 1.82) is 0 Å². The van der Waals surface area contributed by atoms with Crippen molar-refractivity contribution in [3.05, 3.63) is 60.2 Å². The van der Waals surface area contributed by atoms with Crippen LogP contribution in [0.3, 0.4) is 0 Å². The van der Waals surface area contributed by atoms with E-state index in [9.17, 15) is 18.0 Å². The lowest BCUT2D eigenvalue weighted by atomic mass is 10.2. The molecule has 0 bridgehead atoms. The van der Waals surface area contributed by atoms with Crippen LogP contribution in [-0.4, -0.2) is 44.3 Å². The second-order valence-corrected chi connectivity index (χ2v) is 7.54. The van der Waals surface area contributed by atoms with Crippen molar-refractivity contribution in [3.63, 3.8) is 0 Å². The van der Waals surface area contributed by atoms with Crippen molar-refractivity contribution in [3.8, 4) is 0 Å². The molecule has 0 unspecified atom stereocenters. The number of sulfonamides is 1. The summed E-state index contributed by atoms with van der Waals surface area (Å²) in [7, 11) is -3.59. The molecule has 2 aromatic rings. The lowest BCUT2D eigenvalue weighted by Gasteiger charge is -2.18. The molecule has 0 heterocycles. The number of esters is 1. The lowest BCUT2D eigenvalue weighted by Crippen LogP contribution is -2.30. The molecule has 8 heteroatoms. The number of anilines is 1. The first-order chi connectivity index (χ1) is 12.9. The highest BCUT2D eigenvalue weighted by molar-refractivity contribution is 7.89. The van der Waals surface area contributed by atoms with Crippen molar-refractivity contribution >= 4 is 27.6 Å². The molecular weight excluding hydrogens is 368 g/mol. The fourth-order valence-corrected chi connectivity index (χ4v) is 3.87. The Hall–Kier alpha value is -2.71. The zero-order valence-electron chi connectivity index (χ0n) is 15.2. The molecule has 0 aliphatic rings. The molecule has 0 aromatic heterocycles. The fourth-order valence-electron chi connectivity index (χ4n) is 2.41. The van der Waals surface area contributed by atoms with Crippen molar-refractivity contribution in [1.82, 2.24) is 4.31 Å². The van der Waals surface area contributed by atoms with Gasteiger partial charge in [-0.1, -0.05) is 32.0 Å². The van der Waals surface area contributed by atoms with Crippen LogP contribution >= 0.6 is 0 Å². The van der Waals surface area contributed by atoms with Gasteiger partial charge in [-0.2, -0.15) is 4.31 Å². The highest BCUT2D eigenvalue weighted by atomic mass is 32.2. The average molecular weight is 390 g/mol. The van der Waals surface area contributed by atoms with E-state index in [2.05, 4.69) is 5.32 Å². The van der Waals surface area contributed by atoms with E-state index in [-0.39, 0.29) is 10.5 Å². The molecule has 0 aliphatic heterocycles. The monoisotopic (exact) mass is 390 g/mol. The number of hydrogen-bond acceptors (Lipinski definition) is 5. The minimum Gasteiger partial charge on any atom is -0.452 e. The van der Waals surface area contributed by atoms with E-state index in [1.54, 1.807) is 38.1 Å². The molecule has 2 aromatic carbocycles. The van der Waals surface area contributed by atoms with Gasteiger partial charge in [0.15, 0.2) is 6.61 Å². The third-order valence-corrected chi connectivity index (χ3v) is 5.89. The third-order valence-electron chi connectivity index (χ3n) is 3.83. The number of nitrogens with one attached hydrogen (secondary N) is 1. The van der Waals surface area contributed by atoms with Gasteiger partial charge in [-0.25, -0.2) is 13.2 Å². The normalized spacial score (nSPS) is 11.2.